The summed E-state index contributed by atoms with van der Waals surface area (Å²) in [4.78, 5) is 22.5. The predicted molar refractivity (Wildman–Crippen MR) is 61.3 cm³/mol. The van der Waals surface area contributed by atoms with Gasteiger partial charge in [0.05, 0.1) is 0 Å². The van der Waals surface area contributed by atoms with E-state index >= 15 is 0 Å². The summed E-state index contributed by atoms with van der Waals surface area (Å²) in [5.41, 5.74) is 0. The van der Waals surface area contributed by atoms with Crippen LogP contribution in [0.4, 0.5) is 0 Å². The minimum absolute atomic E-state index is 0.0492. The molecule has 0 radical (unpaired) electrons. The third-order valence-electron chi connectivity index (χ3n) is 2.98. The standard InChI is InChI=1S/C10H17NO5S/c1-6(8(12)11-7-4-5-7)17(15,16)10(2,3)9(13)14/h6-7H,4-5H2,1-3H3,(H,11,12)(H,13,14). The van der Waals surface area contributed by atoms with Gasteiger partial charge in [0.1, 0.15) is 5.25 Å². The molecule has 2 N–H and O–H groups in total. The molecule has 17 heavy (non-hydrogen) atoms. The van der Waals surface area contributed by atoms with E-state index in [9.17, 15) is 18.0 Å². The summed E-state index contributed by atoms with van der Waals surface area (Å²) in [5.74, 6) is -2.08. The van der Waals surface area contributed by atoms with Crippen molar-refractivity contribution in [3.63, 3.8) is 0 Å². The van der Waals surface area contributed by atoms with E-state index in [1.807, 2.05) is 0 Å². The third kappa shape index (κ3) is 2.59. The Kier molecular flexibility index (Phi) is 3.52. The fourth-order valence-corrected chi connectivity index (χ4v) is 2.73. The Hall–Kier alpha value is -1.11. The summed E-state index contributed by atoms with van der Waals surface area (Å²) >= 11 is 0. The minimum atomic E-state index is -4.07. The van der Waals surface area contributed by atoms with E-state index in [-0.39, 0.29) is 6.04 Å². The van der Waals surface area contributed by atoms with Gasteiger partial charge in [0.25, 0.3) is 0 Å². The molecule has 0 aromatic rings. The Labute approximate surface area is 100 Å². The zero-order valence-electron chi connectivity index (χ0n) is 10.1. The van der Waals surface area contributed by atoms with Crippen LogP contribution in [0.5, 0.6) is 0 Å². The molecule has 6 nitrogen and oxygen atoms in total. The molecule has 0 bridgehead atoms. The van der Waals surface area contributed by atoms with Gasteiger partial charge in [0.2, 0.25) is 5.91 Å². The Balaban J connectivity index is 2.88. The topological polar surface area (TPSA) is 101 Å². The van der Waals surface area contributed by atoms with E-state index in [4.69, 9.17) is 5.11 Å². The molecule has 1 aliphatic carbocycles. The van der Waals surface area contributed by atoms with Crippen molar-refractivity contribution in [2.24, 2.45) is 0 Å². The van der Waals surface area contributed by atoms with Crippen LogP contribution in [0.25, 0.3) is 0 Å². The lowest BCUT2D eigenvalue weighted by atomic mass is 10.2. The molecule has 1 unspecified atom stereocenters. The smallest absolute Gasteiger partial charge is 0.324 e. The number of rotatable bonds is 5. The summed E-state index contributed by atoms with van der Waals surface area (Å²) in [5, 5.41) is 10.1. The molecule has 0 aromatic carbocycles. The lowest BCUT2D eigenvalue weighted by molar-refractivity contribution is -0.139. The fraction of sp³-hybridized carbons (Fsp3) is 0.800. The number of sulfone groups is 1. The van der Waals surface area contributed by atoms with Crippen molar-refractivity contribution in [2.75, 3.05) is 0 Å². The molecule has 1 fully saturated rings. The maximum atomic E-state index is 12.0. The number of amides is 1. The van der Waals surface area contributed by atoms with Gasteiger partial charge in [0, 0.05) is 6.04 Å². The third-order valence-corrected chi connectivity index (χ3v) is 5.73. The molecular weight excluding hydrogens is 246 g/mol. The molecule has 1 aliphatic rings. The van der Waals surface area contributed by atoms with Crippen molar-refractivity contribution >= 4 is 21.7 Å². The number of hydrogen-bond acceptors (Lipinski definition) is 4. The second kappa shape index (κ2) is 4.29. The second-order valence-corrected chi connectivity index (χ2v) is 7.60. The maximum Gasteiger partial charge on any atom is 0.324 e. The average molecular weight is 263 g/mol. The quantitative estimate of drug-likeness (QED) is 0.723. The highest BCUT2D eigenvalue weighted by atomic mass is 32.2. The Morgan fingerprint density at radius 2 is 1.82 bits per heavy atom. The SMILES string of the molecule is CC(C(=O)NC1CC1)S(=O)(=O)C(C)(C)C(=O)O. The van der Waals surface area contributed by atoms with Gasteiger partial charge in [-0.15, -0.1) is 0 Å². The van der Waals surface area contributed by atoms with Gasteiger partial charge in [-0.3, -0.25) is 9.59 Å². The van der Waals surface area contributed by atoms with Crippen LogP contribution in [0, 0.1) is 0 Å². The summed E-state index contributed by atoms with van der Waals surface area (Å²) in [6.07, 6.45) is 1.70. The van der Waals surface area contributed by atoms with Crippen molar-refractivity contribution in [1.82, 2.24) is 5.32 Å². The highest BCUT2D eigenvalue weighted by Crippen LogP contribution is 2.24. The molecule has 0 aromatic heterocycles. The van der Waals surface area contributed by atoms with E-state index in [0.29, 0.717) is 0 Å². The molecule has 1 rings (SSSR count). The van der Waals surface area contributed by atoms with Crippen LogP contribution >= 0.6 is 0 Å². The number of carbonyl (C=O) groups is 2. The van der Waals surface area contributed by atoms with Crippen LogP contribution in [0.3, 0.4) is 0 Å². The van der Waals surface area contributed by atoms with Crippen molar-refractivity contribution in [3.8, 4) is 0 Å². The van der Waals surface area contributed by atoms with Gasteiger partial charge < -0.3 is 10.4 Å². The molecule has 98 valence electrons. The largest absolute Gasteiger partial charge is 0.480 e. The molecule has 1 atom stereocenters. The summed E-state index contributed by atoms with van der Waals surface area (Å²) in [6.45, 7) is 3.40. The van der Waals surface area contributed by atoms with Gasteiger partial charge >= 0.3 is 5.97 Å². The van der Waals surface area contributed by atoms with Crippen LogP contribution in [0.2, 0.25) is 0 Å². The number of carbonyl (C=O) groups excluding carboxylic acids is 1. The number of carboxylic acids is 1. The first-order valence-electron chi connectivity index (χ1n) is 5.38. The van der Waals surface area contributed by atoms with E-state index < -0.39 is 31.7 Å². The number of hydrogen-bond donors (Lipinski definition) is 2. The maximum absolute atomic E-state index is 12.0. The average Bonchev–Trinajstić information content (AvgIpc) is 2.99. The first-order valence-corrected chi connectivity index (χ1v) is 6.92. The van der Waals surface area contributed by atoms with Crippen LogP contribution in [0.1, 0.15) is 33.6 Å². The van der Waals surface area contributed by atoms with Crippen molar-refractivity contribution in [1.29, 1.82) is 0 Å². The monoisotopic (exact) mass is 263 g/mol. The molecule has 0 spiro atoms. The Bertz CT molecular complexity index is 436. The lowest BCUT2D eigenvalue weighted by Gasteiger charge is -2.23. The highest BCUT2D eigenvalue weighted by Gasteiger charge is 2.47. The second-order valence-electron chi connectivity index (χ2n) is 4.79. The lowest BCUT2D eigenvalue weighted by Crippen LogP contribution is -2.50. The minimum Gasteiger partial charge on any atom is -0.480 e. The van der Waals surface area contributed by atoms with Crippen LogP contribution in [0.15, 0.2) is 0 Å². The zero-order valence-corrected chi connectivity index (χ0v) is 10.9. The molecular formula is C10H17NO5S. The molecule has 1 amide bonds. The van der Waals surface area contributed by atoms with E-state index in [1.54, 1.807) is 0 Å². The van der Waals surface area contributed by atoms with Crippen LogP contribution in [-0.4, -0.2) is 41.4 Å². The van der Waals surface area contributed by atoms with Crippen LogP contribution < -0.4 is 5.32 Å². The molecule has 0 aliphatic heterocycles. The van der Waals surface area contributed by atoms with Crippen molar-refractivity contribution in [2.45, 2.75) is 49.7 Å². The van der Waals surface area contributed by atoms with Gasteiger partial charge in [-0.05, 0) is 33.6 Å². The molecule has 1 saturated carbocycles. The van der Waals surface area contributed by atoms with Crippen molar-refractivity contribution < 1.29 is 23.1 Å². The van der Waals surface area contributed by atoms with E-state index in [2.05, 4.69) is 5.32 Å². The van der Waals surface area contributed by atoms with Gasteiger partial charge in [0.15, 0.2) is 14.6 Å². The summed E-state index contributed by atoms with van der Waals surface area (Å²) < 4.78 is 22.0. The van der Waals surface area contributed by atoms with E-state index in [1.165, 1.54) is 6.92 Å². The van der Waals surface area contributed by atoms with Gasteiger partial charge in [-0.25, -0.2) is 8.42 Å². The van der Waals surface area contributed by atoms with Gasteiger partial charge in [-0.1, -0.05) is 0 Å². The highest BCUT2D eigenvalue weighted by molar-refractivity contribution is 7.94. The zero-order chi connectivity index (χ0) is 13.4. The van der Waals surface area contributed by atoms with Crippen molar-refractivity contribution in [3.05, 3.63) is 0 Å². The number of aliphatic carboxylic acids is 1. The number of carboxylic acid groups (broad SMARTS) is 1. The Morgan fingerprint density at radius 1 is 1.35 bits per heavy atom. The molecule has 7 heteroatoms. The van der Waals surface area contributed by atoms with Gasteiger partial charge in [-0.2, -0.15) is 0 Å². The first-order chi connectivity index (χ1) is 7.60. The normalized spacial score (nSPS) is 18.5. The molecule has 0 heterocycles. The van der Waals surface area contributed by atoms with Crippen LogP contribution in [-0.2, 0) is 19.4 Å². The summed E-state index contributed by atoms with van der Waals surface area (Å²) in [6, 6.07) is 0.0492. The first kappa shape index (κ1) is 14.0. The van der Waals surface area contributed by atoms with E-state index in [0.717, 1.165) is 26.7 Å². The summed E-state index contributed by atoms with van der Waals surface area (Å²) in [7, 11) is -4.07. The number of nitrogens with one attached hydrogen (secondary N) is 1. The predicted octanol–water partition coefficient (Wildman–Crippen LogP) is -0.0685. The Morgan fingerprint density at radius 3 is 2.18 bits per heavy atom. The fourth-order valence-electron chi connectivity index (χ4n) is 1.25. The molecule has 0 saturated heterocycles.